The van der Waals surface area contributed by atoms with Crippen molar-refractivity contribution in [3.63, 3.8) is 0 Å². The molecular weight excluding hydrogens is 348 g/mol. The zero-order valence-corrected chi connectivity index (χ0v) is 16.0. The van der Waals surface area contributed by atoms with Crippen LogP contribution in [0.25, 0.3) is 10.6 Å². The number of carboxylic acids is 1. The van der Waals surface area contributed by atoms with Crippen LogP contribution in [0, 0.1) is 5.92 Å². The number of rotatable bonds is 5. The first-order chi connectivity index (χ1) is 12.4. The van der Waals surface area contributed by atoms with E-state index in [9.17, 15) is 9.59 Å². The molecule has 0 spiro atoms. The zero-order chi connectivity index (χ0) is 18.7. The van der Waals surface area contributed by atoms with E-state index in [-0.39, 0.29) is 12.3 Å². The molecule has 1 N–H and O–H groups in total. The van der Waals surface area contributed by atoms with E-state index < -0.39 is 11.9 Å². The molecule has 1 saturated heterocycles. The maximum absolute atomic E-state index is 12.5. The van der Waals surface area contributed by atoms with Gasteiger partial charge in [-0.15, -0.1) is 11.3 Å². The maximum Gasteiger partial charge on any atom is 0.308 e. The van der Waals surface area contributed by atoms with Gasteiger partial charge in [0.05, 0.1) is 18.0 Å². The van der Waals surface area contributed by atoms with Gasteiger partial charge in [0, 0.05) is 24.0 Å². The third-order valence-electron chi connectivity index (χ3n) is 4.83. The van der Waals surface area contributed by atoms with Crippen LogP contribution in [-0.2, 0) is 16.0 Å². The van der Waals surface area contributed by atoms with E-state index in [1.807, 2.05) is 5.38 Å². The highest BCUT2D eigenvalue weighted by Crippen LogP contribution is 2.26. The van der Waals surface area contributed by atoms with E-state index in [1.54, 1.807) is 4.90 Å². The summed E-state index contributed by atoms with van der Waals surface area (Å²) in [5, 5.41) is 12.0. The predicted octanol–water partition coefficient (Wildman–Crippen LogP) is 3.80. The number of nitrogens with zero attached hydrogens (tertiary/aromatic N) is 2. The number of benzene rings is 1. The Morgan fingerprint density at radius 1 is 1.31 bits per heavy atom. The van der Waals surface area contributed by atoms with Gasteiger partial charge >= 0.3 is 5.97 Å². The maximum atomic E-state index is 12.5. The summed E-state index contributed by atoms with van der Waals surface area (Å²) in [4.78, 5) is 29.9. The van der Waals surface area contributed by atoms with Gasteiger partial charge in [-0.2, -0.15) is 0 Å². The van der Waals surface area contributed by atoms with Crippen LogP contribution in [-0.4, -0.2) is 40.0 Å². The number of hydrogen-bond donors (Lipinski definition) is 1. The number of piperidine rings is 1. The lowest BCUT2D eigenvalue weighted by Gasteiger charge is -2.30. The molecule has 1 fully saturated rings. The average Bonchev–Trinajstić information content (AvgIpc) is 3.10. The minimum atomic E-state index is -0.816. The third-order valence-corrected chi connectivity index (χ3v) is 5.77. The molecule has 6 heteroatoms. The molecule has 3 rings (SSSR count). The molecule has 1 aliphatic rings. The molecule has 1 aliphatic heterocycles. The van der Waals surface area contributed by atoms with E-state index >= 15 is 0 Å². The van der Waals surface area contributed by atoms with Crippen molar-refractivity contribution in [1.29, 1.82) is 0 Å². The number of aliphatic carboxylic acids is 1. The summed E-state index contributed by atoms with van der Waals surface area (Å²) in [6, 6.07) is 8.38. The summed E-state index contributed by atoms with van der Waals surface area (Å²) in [5.74, 6) is -0.808. The fraction of sp³-hybridized carbons (Fsp3) is 0.450. The molecule has 5 nitrogen and oxygen atoms in total. The van der Waals surface area contributed by atoms with Crippen LogP contribution in [0.2, 0.25) is 0 Å². The van der Waals surface area contributed by atoms with E-state index in [0.29, 0.717) is 25.4 Å². The molecule has 1 aromatic carbocycles. The second-order valence-corrected chi connectivity index (χ2v) is 7.97. The van der Waals surface area contributed by atoms with Gasteiger partial charge in [-0.3, -0.25) is 9.59 Å². The second-order valence-electron chi connectivity index (χ2n) is 7.11. The summed E-state index contributed by atoms with van der Waals surface area (Å²) >= 11 is 1.54. The number of carbonyl (C=O) groups is 2. The quantitative estimate of drug-likeness (QED) is 0.867. The van der Waals surface area contributed by atoms with Crippen LogP contribution in [0.15, 0.2) is 29.6 Å². The highest BCUT2D eigenvalue weighted by Gasteiger charge is 2.28. The first-order valence-electron chi connectivity index (χ1n) is 8.99. The lowest BCUT2D eigenvalue weighted by atomic mass is 9.98. The summed E-state index contributed by atoms with van der Waals surface area (Å²) in [7, 11) is 0. The average molecular weight is 372 g/mol. The van der Waals surface area contributed by atoms with Crippen LogP contribution in [0.1, 0.15) is 43.9 Å². The Hall–Kier alpha value is -2.21. The number of aromatic nitrogens is 1. The Morgan fingerprint density at radius 2 is 2.04 bits per heavy atom. The Bertz CT molecular complexity index is 783. The molecular formula is C20H24N2O3S. The highest BCUT2D eigenvalue weighted by molar-refractivity contribution is 7.13. The largest absolute Gasteiger partial charge is 0.481 e. The molecule has 1 amide bonds. The monoisotopic (exact) mass is 372 g/mol. The van der Waals surface area contributed by atoms with Crippen LogP contribution in [0.3, 0.4) is 0 Å². The number of carbonyl (C=O) groups excluding carboxylic acids is 1. The summed E-state index contributed by atoms with van der Waals surface area (Å²) < 4.78 is 0. The van der Waals surface area contributed by atoms with Gasteiger partial charge < -0.3 is 10.0 Å². The molecule has 0 unspecified atom stereocenters. The van der Waals surface area contributed by atoms with Crippen LogP contribution < -0.4 is 0 Å². The molecule has 0 bridgehead atoms. The van der Waals surface area contributed by atoms with Crippen molar-refractivity contribution in [2.75, 3.05) is 13.1 Å². The van der Waals surface area contributed by atoms with Crippen molar-refractivity contribution < 1.29 is 14.7 Å². The van der Waals surface area contributed by atoms with Crippen LogP contribution in [0.4, 0.5) is 0 Å². The van der Waals surface area contributed by atoms with Gasteiger partial charge in [-0.25, -0.2) is 4.98 Å². The summed E-state index contributed by atoms with van der Waals surface area (Å²) in [6.07, 6.45) is 1.62. The number of likely N-dealkylation sites (tertiary alicyclic amines) is 1. The van der Waals surface area contributed by atoms with Crippen molar-refractivity contribution in [3.05, 3.63) is 40.9 Å². The van der Waals surface area contributed by atoms with Gasteiger partial charge in [-0.1, -0.05) is 38.1 Å². The Morgan fingerprint density at radius 3 is 2.69 bits per heavy atom. The summed E-state index contributed by atoms with van der Waals surface area (Å²) in [6.45, 7) is 5.27. The molecule has 26 heavy (non-hydrogen) atoms. The molecule has 138 valence electrons. The number of amides is 1. The van der Waals surface area contributed by atoms with Crippen LogP contribution >= 0.6 is 11.3 Å². The Balaban J connectivity index is 1.64. The second kappa shape index (κ2) is 7.99. The van der Waals surface area contributed by atoms with Crippen molar-refractivity contribution in [3.8, 4) is 10.6 Å². The van der Waals surface area contributed by atoms with Crippen molar-refractivity contribution in [1.82, 2.24) is 9.88 Å². The minimum Gasteiger partial charge on any atom is -0.481 e. The van der Waals surface area contributed by atoms with Crippen molar-refractivity contribution >= 4 is 23.2 Å². The first-order valence-corrected chi connectivity index (χ1v) is 9.87. The minimum absolute atomic E-state index is 0.0389. The van der Waals surface area contributed by atoms with Gasteiger partial charge in [0.2, 0.25) is 5.91 Å². The predicted molar refractivity (Wildman–Crippen MR) is 102 cm³/mol. The molecule has 2 aromatic rings. The fourth-order valence-corrected chi connectivity index (χ4v) is 4.03. The van der Waals surface area contributed by atoms with Gasteiger partial charge in [0.15, 0.2) is 0 Å². The van der Waals surface area contributed by atoms with Crippen molar-refractivity contribution in [2.24, 2.45) is 5.92 Å². The highest BCUT2D eigenvalue weighted by atomic mass is 32.1. The van der Waals surface area contributed by atoms with Gasteiger partial charge in [-0.05, 0) is 24.3 Å². The SMILES string of the molecule is CC(C)c1ccc(-c2nc(CC(=O)N3CCC[C@@H](C(=O)O)C3)cs2)cc1. The standard InChI is InChI=1S/C20H24N2O3S/c1-13(2)14-5-7-15(8-6-14)19-21-17(12-26-19)10-18(23)22-9-3-4-16(11-22)20(24)25/h5-8,12-13,16H,3-4,9-11H2,1-2H3,(H,24,25)/t16-/m1/s1. The molecule has 0 saturated carbocycles. The van der Waals surface area contributed by atoms with E-state index in [1.165, 1.54) is 16.9 Å². The number of carboxylic acid groups (broad SMARTS) is 1. The lowest BCUT2D eigenvalue weighted by Crippen LogP contribution is -2.43. The molecule has 2 heterocycles. The van der Waals surface area contributed by atoms with Gasteiger partial charge in [0.25, 0.3) is 0 Å². The third kappa shape index (κ3) is 4.30. The van der Waals surface area contributed by atoms with Gasteiger partial charge in [0.1, 0.15) is 5.01 Å². The fourth-order valence-electron chi connectivity index (χ4n) is 3.20. The number of hydrogen-bond acceptors (Lipinski definition) is 4. The first kappa shape index (κ1) is 18.6. The van der Waals surface area contributed by atoms with E-state index in [0.717, 1.165) is 22.7 Å². The molecule has 1 atom stereocenters. The lowest BCUT2D eigenvalue weighted by molar-refractivity contribution is -0.145. The van der Waals surface area contributed by atoms with Crippen LogP contribution in [0.5, 0.6) is 0 Å². The van der Waals surface area contributed by atoms with E-state index in [4.69, 9.17) is 5.11 Å². The molecule has 0 radical (unpaired) electrons. The van der Waals surface area contributed by atoms with E-state index in [2.05, 4.69) is 43.1 Å². The van der Waals surface area contributed by atoms with Crippen molar-refractivity contribution in [2.45, 2.75) is 39.0 Å². The summed E-state index contributed by atoms with van der Waals surface area (Å²) in [5.41, 5.74) is 3.10. The smallest absolute Gasteiger partial charge is 0.308 e. The Kier molecular flexibility index (Phi) is 5.71. The molecule has 1 aromatic heterocycles. The Labute approximate surface area is 157 Å². The molecule has 0 aliphatic carbocycles. The topological polar surface area (TPSA) is 70.5 Å². The normalized spacial score (nSPS) is 17.5. The number of thiazole rings is 1. The zero-order valence-electron chi connectivity index (χ0n) is 15.1.